The summed E-state index contributed by atoms with van der Waals surface area (Å²) in [6, 6.07) is 7.31. The minimum atomic E-state index is -0.467. The minimum absolute atomic E-state index is 0.0753. The molecule has 1 atom stereocenters. The molecule has 0 bridgehead atoms. The van der Waals surface area contributed by atoms with E-state index in [2.05, 4.69) is 10.2 Å². The first-order valence-electron chi connectivity index (χ1n) is 7.18. The van der Waals surface area contributed by atoms with Crippen molar-refractivity contribution in [2.75, 3.05) is 42.6 Å². The molecule has 1 aromatic rings. The zero-order valence-electron chi connectivity index (χ0n) is 12.0. The molecule has 1 unspecified atom stereocenters. The van der Waals surface area contributed by atoms with E-state index in [1.807, 2.05) is 24.3 Å². The fraction of sp³-hybridized carbons (Fsp3) is 0.467. The van der Waals surface area contributed by atoms with E-state index in [1.54, 1.807) is 6.92 Å². The van der Waals surface area contributed by atoms with E-state index in [4.69, 9.17) is 4.74 Å². The van der Waals surface area contributed by atoms with Gasteiger partial charge in [0, 0.05) is 24.5 Å². The monoisotopic (exact) mass is 289 g/mol. The Balaban J connectivity index is 1.76. The van der Waals surface area contributed by atoms with Crippen molar-refractivity contribution in [3.8, 4) is 0 Å². The Bertz CT molecular complexity index is 538. The summed E-state index contributed by atoms with van der Waals surface area (Å²) in [4.78, 5) is 27.5. The molecular formula is C15H19N3O3. The lowest BCUT2D eigenvalue weighted by Gasteiger charge is -2.32. The van der Waals surface area contributed by atoms with E-state index < -0.39 is 6.04 Å². The van der Waals surface area contributed by atoms with Crippen LogP contribution in [0.25, 0.3) is 0 Å². The zero-order valence-corrected chi connectivity index (χ0v) is 12.0. The van der Waals surface area contributed by atoms with Gasteiger partial charge >= 0.3 is 0 Å². The van der Waals surface area contributed by atoms with Crippen molar-refractivity contribution in [3.63, 3.8) is 0 Å². The van der Waals surface area contributed by atoms with Gasteiger partial charge in [0.15, 0.2) is 0 Å². The highest BCUT2D eigenvalue weighted by Gasteiger charge is 2.30. The Morgan fingerprint density at radius 2 is 1.71 bits per heavy atom. The van der Waals surface area contributed by atoms with Gasteiger partial charge in [-0.25, -0.2) is 0 Å². The van der Waals surface area contributed by atoms with Crippen molar-refractivity contribution in [1.82, 2.24) is 5.32 Å². The first kappa shape index (κ1) is 13.9. The van der Waals surface area contributed by atoms with Crippen LogP contribution >= 0.6 is 0 Å². The fourth-order valence-corrected chi connectivity index (χ4v) is 2.69. The standard InChI is InChI=1S/C15H19N3O3/c1-11-15(20)18(10-14(19)16-11)13-4-2-12(3-5-13)17-6-8-21-9-7-17/h2-5,11H,6-10H2,1H3,(H,16,19). The Morgan fingerprint density at radius 1 is 1.10 bits per heavy atom. The van der Waals surface area contributed by atoms with E-state index in [9.17, 15) is 9.59 Å². The molecule has 2 amide bonds. The largest absolute Gasteiger partial charge is 0.378 e. The summed E-state index contributed by atoms with van der Waals surface area (Å²) in [6.07, 6.45) is 0. The number of carbonyl (C=O) groups excluding carboxylic acids is 2. The summed E-state index contributed by atoms with van der Waals surface area (Å²) in [5.41, 5.74) is 1.88. The Labute approximate surface area is 123 Å². The van der Waals surface area contributed by atoms with Gasteiger partial charge in [0.1, 0.15) is 12.6 Å². The van der Waals surface area contributed by atoms with E-state index in [0.717, 1.165) is 37.7 Å². The molecule has 0 aliphatic carbocycles. The van der Waals surface area contributed by atoms with Crippen molar-refractivity contribution in [2.45, 2.75) is 13.0 Å². The first-order valence-corrected chi connectivity index (χ1v) is 7.18. The average molecular weight is 289 g/mol. The highest BCUT2D eigenvalue weighted by molar-refractivity contribution is 6.06. The molecule has 0 saturated carbocycles. The second-order valence-electron chi connectivity index (χ2n) is 5.33. The number of hydrogen-bond acceptors (Lipinski definition) is 4. The Kier molecular flexibility index (Phi) is 3.79. The molecule has 6 heteroatoms. The summed E-state index contributed by atoms with van der Waals surface area (Å²) >= 11 is 0. The second kappa shape index (κ2) is 5.73. The highest BCUT2D eigenvalue weighted by atomic mass is 16.5. The summed E-state index contributed by atoms with van der Waals surface area (Å²) < 4.78 is 5.34. The number of piperazine rings is 1. The van der Waals surface area contributed by atoms with Gasteiger partial charge in [0.05, 0.1) is 13.2 Å². The lowest BCUT2D eigenvalue weighted by Crippen LogP contribution is -2.57. The van der Waals surface area contributed by atoms with Gasteiger partial charge in [0.2, 0.25) is 11.8 Å². The molecule has 2 aliphatic heterocycles. The molecule has 112 valence electrons. The zero-order chi connectivity index (χ0) is 14.8. The van der Waals surface area contributed by atoms with Gasteiger partial charge in [0.25, 0.3) is 0 Å². The highest BCUT2D eigenvalue weighted by Crippen LogP contribution is 2.23. The van der Waals surface area contributed by atoms with Crippen molar-refractivity contribution < 1.29 is 14.3 Å². The molecule has 0 radical (unpaired) electrons. The summed E-state index contributed by atoms with van der Waals surface area (Å²) in [5, 5.41) is 2.64. The fourth-order valence-electron chi connectivity index (χ4n) is 2.69. The van der Waals surface area contributed by atoms with Gasteiger partial charge in [-0.05, 0) is 31.2 Å². The lowest BCUT2D eigenvalue weighted by molar-refractivity contribution is -0.130. The third-order valence-electron chi connectivity index (χ3n) is 3.85. The van der Waals surface area contributed by atoms with Crippen molar-refractivity contribution >= 4 is 23.2 Å². The number of morpholine rings is 1. The maximum Gasteiger partial charge on any atom is 0.249 e. The molecular weight excluding hydrogens is 270 g/mol. The molecule has 0 aromatic heterocycles. The summed E-state index contributed by atoms with van der Waals surface area (Å²) in [5.74, 6) is -0.201. The lowest BCUT2D eigenvalue weighted by atomic mass is 10.1. The van der Waals surface area contributed by atoms with E-state index >= 15 is 0 Å². The molecule has 2 fully saturated rings. The van der Waals surface area contributed by atoms with Crippen LogP contribution in [0.3, 0.4) is 0 Å². The molecule has 2 heterocycles. The number of ether oxygens (including phenoxy) is 1. The third kappa shape index (κ3) is 2.85. The molecule has 2 aliphatic rings. The quantitative estimate of drug-likeness (QED) is 0.855. The van der Waals surface area contributed by atoms with Crippen LogP contribution in [0.1, 0.15) is 6.92 Å². The number of anilines is 2. The van der Waals surface area contributed by atoms with Crippen molar-refractivity contribution in [1.29, 1.82) is 0 Å². The normalized spacial score (nSPS) is 23.2. The van der Waals surface area contributed by atoms with E-state index in [-0.39, 0.29) is 18.4 Å². The van der Waals surface area contributed by atoms with Gasteiger partial charge in [-0.15, -0.1) is 0 Å². The average Bonchev–Trinajstić information content (AvgIpc) is 2.52. The number of nitrogens with zero attached hydrogens (tertiary/aromatic N) is 2. The number of hydrogen-bond donors (Lipinski definition) is 1. The number of rotatable bonds is 2. The predicted molar refractivity (Wildman–Crippen MR) is 79.4 cm³/mol. The maximum atomic E-state index is 12.1. The molecule has 2 saturated heterocycles. The number of amides is 2. The molecule has 1 N–H and O–H groups in total. The van der Waals surface area contributed by atoms with Crippen LogP contribution in [0.15, 0.2) is 24.3 Å². The molecule has 3 rings (SSSR count). The van der Waals surface area contributed by atoms with Gasteiger partial charge in [-0.1, -0.05) is 0 Å². The number of benzene rings is 1. The molecule has 21 heavy (non-hydrogen) atoms. The van der Waals surface area contributed by atoms with Crippen LogP contribution in [-0.2, 0) is 14.3 Å². The van der Waals surface area contributed by atoms with Crippen LogP contribution in [0.2, 0.25) is 0 Å². The summed E-state index contributed by atoms with van der Waals surface area (Å²) in [6.45, 7) is 5.02. The third-order valence-corrected chi connectivity index (χ3v) is 3.85. The smallest absolute Gasteiger partial charge is 0.249 e. The van der Waals surface area contributed by atoms with E-state index in [1.165, 1.54) is 4.90 Å². The Morgan fingerprint density at radius 3 is 2.38 bits per heavy atom. The van der Waals surface area contributed by atoms with Crippen LogP contribution in [0.5, 0.6) is 0 Å². The maximum absolute atomic E-state index is 12.1. The topological polar surface area (TPSA) is 61.9 Å². The predicted octanol–water partition coefficient (Wildman–Crippen LogP) is 0.374. The SMILES string of the molecule is CC1NC(=O)CN(c2ccc(N3CCOCC3)cc2)C1=O. The Hall–Kier alpha value is -2.08. The van der Waals surface area contributed by atoms with Crippen LogP contribution in [0.4, 0.5) is 11.4 Å². The van der Waals surface area contributed by atoms with Gasteiger partial charge in [-0.2, -0.15) is 0 Å². The molecule has 0 spiro atoms. The first-order chi connectivity index (χ1) is 10.1. The van der Waals surface area contributed by atoms with Gasteiger partial charge in [-0.3, -0.25) is 9.59 Å². The van der Waals surface area contributed by atoms with Crippen molar-refractivity contribution in [2.24, 2.45) is 0 Å². The molecule has 6 nitrogen and oxygen atoms in total. The van der Waals surface area contributed by atoms with E-state index in [0.29, 0.717) is 0 Å². The summed E-state index contributed by atoms with van der Waals surface area (Å²) in [7, 11) is 0. The van der Waals surface area contributed by atoms with Crippen LogP contribution in [-0.4, -0.2) is 50.7 Å². The number of carbonyl (C=O) groups is 2. The second-order valence-corrected chi connectivity index (χ2v) is 5.33. The minimum Gasteiger partial charge on any atom is -0.378 e. The molecule has 1 aromatic carbocycles. The van der Waals surface area contributed by atoms with Gasteiger partial charge < -0.3 is 19.9 Å². The van der Waals surface area contributed by atoms with Crippen LogP contribution < -0.4 is 15.1 Å². The van der Waals surface area contributed by atoms with Crippen LogP contribution in [0, 0.1) is 0 Å². The number of nitrogens with one attached hydrogen (secondary N) is 1. The van der Waals surface area contributed by atoms with Crippen molar-refractivity contribution in [3.05, 3.63) is 24.3 Å².